The fourth-order valence-corrected chi connectivity index (χ4v) is 3.38. The van der Waals surface area contributed by atoms with Crippen molar-refractivity contribution in [2.75, 3.05) is 13.2 Å². The van der Waals surface area contributed by atoms with Gasteiger partial charge in [0.1, 0.15) is 0 Å². The van der Waals surface area contributed by atoms with Crippen molar-refractivity contribution in [3.05, 3.63) is 0 Å². The Hall–Kier alpha value is -0.570. The predicted octanol–water partition coefficient (Wildman–Crippen LogP) is 2.48. The minimum atomic E-state index is -0.111. The first kappa shape index (κ1) is 13.9. The SMILES string of the molecule is CC(C)CC1(C(=O)NCC2(CO)CC2)CCCC1. The molecule has 3 nitrogen and oxygen atoms in total. The van der Waals surface area contributed by atoms with E-state index in [1.54, 1.807) is 0 Å². The van der Waals surface area contributed by atoms with Crippen molar-refractivity contribution in [3.8, 4) is 0 Å². The highest BCUT2D eigenvalue weighted by Gasteiger charge is 2.45. The molecule has 0 unspecified atom stereocenters. The van der Waals surface area contributed by atoms with E-state index >= 15 is 0 Å². The van der Waals surface area contributed by atoms with E-state index in [0.29, 0.717) is 12.5 Å². The van der Waals surface area contributed by atoms with Crippen LogP contribution in [0.25, 0.3) is 0 Å². The maximum absolute atomic E-state index is 12.5. The number of carbonyl (C=O) groups is 1. The quantitative estimate of drug-likeness (QED) is 0.764. The Morgan fingerprint density at radius 2 is 1.83 bits per heavy atom. The average molecular weight is 253 g/mol. The molecule has 0 aliphatic heterocycles. The molecule has 104 valence electrons. The monoisotopic (exact) mass is 253 g/mol. The molecule has 0 radical (unpaired) electrons. The van der Waals surface area contributed by atoms with Crippen LogP contribution >= 0.6 is 0 Å². The topological polar surface area (TPSA) is 49.3 Å². The minimum Gasteiger partial charge on any atom is -0.396 e. The fourth-order valence-electron chi connectivity index (χ4n) is 3.38. The predicted molar refractivity (Wildman–Crippen MR) is 72.1 cm³/mol. The average Bonchev–Trinajstić information content (AvgIpc) is 2.98. The molecule has 2 aliphatic carbocycles. The molecule has 2 N–H and O–H groups in total. The van der Waals surface area contributed by atoms with Gasteiger partial charge in [0.25, 0.3) is 0 Å². The molecule has 0 aromatic heterocycles. The molecular formula is C15H27NO2. The molecule has 0 aromatic rings. The lowest BCUT2D eigenvalue weighted by molar-refractivity contribution is -0.132. The van der Waals surface area contributed by atoms with Gasteiger partial charge in [0.2, 0.25) is 5.91 Å². The van der Waals surface area contributed by atoms with Gasteiger partial charge in [-0.2, -0.15) is 0 Å². The summed E-state index contributed by atoms with van der Waals surface area (Å²) in [6.07, 6.45) is 7.58. The smallest absolute Gasteiger partial charge is 0.226 e. The van der Waals surface area contributed by atoms with E-state index in [9.17, 15) is 9.90 Å². The van der Waals surface area contributed by atoms with Gasteiger partial charge in [-0.05, 0) is 38.0 Å². The van der Waals surface area contributed by atoms with E-state index in [-0.39, 0.29) is 23.3 Å². The lowest BCUT2D eigenvalue weighted by Crippen LogP contribution is -2.43. The Morgan fingerprint density at radius 3 is 2.28 bits per heavy atom. The normalized spacial score (nSPS) is 24.2. The van der Waals surface area contributed by atoms with Crippen LogP contribution in [0.3, 0.4) is 0 Å². The van der Waals surface area contributed by atoms with Gasteiger partial charge >= 0.3 is 0 Å². The molecule has 2 fully saturated rings. The summed E-state index contributed by atoms with van der Waals surface area (Å²) in [6.45, 7) is 5.28. The first-order valence-electron chi connectivity index (χ1n) is 7.41. The Morgan fingerprint density at radius 1 is 1.22 bits per heavy atom. The molecule has 3 heteroatoms. The summed E-state index contributed by atoms with van der Waals surface area (Å²) in [5, 5.41) is 12.4. The van der Waals surface area contributed by atoms with Gasteiger partial charge in [0.15, 0.2) is 0 Å². The van der Waals surface area contributed by atoms with Crippen LogP contribution in [-0.4, -0.2) is 24.2 Å². The van der Waals surface area contributed by atoms with E-state index in [4.69, 9.17) is 0 Å². The Balaban J connectivity index is 1.92. The second kappa shape index (κ2) is 5.20. The first-order valence-corrected chi connectivity index (χ1v) is 7.41. The number of carbonyl (C=O) groups excluding carboxylic acids is 1. The number of hydrogen-bond acceptors (Lipinski definition) is 2. The summed E-state index contributed by atoms with van der Waals surface area (Å²) in [7, 11) is 0. The lowest BCUT2D eigenvalue weighted by Gasteiger charge is -2.30. The summed E-state index contributed by atoms with van der Waals surface area (Å²) in [5.41, 5.74) is -0.0903. The molecule has 2 aliphatic rings. The summed E-state index contributed by atoms with van der Waals surface area (Å²) in [5.74, 6) is 0.815. The number of amides is 1. The zero-order chi connectivity index (χ0) is 13.2. The third-order valence-corrected chi connectivity index (χ3v) is 4.76. The molecule has 0 heterocycles. The summed E-state index contributed by atoms with van der Waals surface area (Å²) in [4.78, 5) is 12.5. The number of aliphatic hydroxyl groups is 1. The molecule has 2 saturated carbocycles. The van der Waals surface area contributed by atoms with Crippen molar-refractivity contribution in [1.82, 2.24) is 5.32 Å². The van der Waals surface area contributed by atoms with Crippen LogP contribution in [-0.2, 0) is 4.79 Å². The standard InChI is InChI=1S/C15H27NO2/c1-12(2)9-15(5-3-4-6-15)13(18)16-10-14(11-17)7-8-14/h12,17H,3-11H2,1-2H3,(H,16,18). The molecule has 0 saturated heterocycles. The maximum Gasteiger partial charge on any atom is 0.226 e. The second-order valence-electron chi connectivity index (χ2n) is 6.93. The number of hydrogen-bond donors (Lipinski definition) is 2. The molecule has 0 spiro atoms. The van der Waals surface area contributed by atoms with Crippen molar-refractivity contribution in [1.29, 1.82) is 0 Å². The number of nitrogens with one attached hydrogen (secondary N) is 1. The molecule has 0 bridgehead atoms. The highest BCUT2D eigenvalue weighted by atomic mass is 16.3. The lowest BCUT2D eigenvalue weighted by atomic mass is 9.77. The van der Waals surface area contributed by atoms with Crippen LogP contribution in [0.5, 0.6) is 0 Å². The third-order valence-electron chi connectivity index (χ3n) is 4.76. The van der Waals surface area contributed by atoms with E-state index < -0.39 is 0 Å². The molecule has 1 amide bonds. The van der Waals surface area contributed by atoms with Crippen molar-refractivity contribution >= 4 is 5.91 Å². The highest BCUT2D eigenvalue weighted by Crippen LogP contribution is 2.46. The minimum absolute atomic E-state index is 0.0211. The summed E-state index contributed by atoms with van der Waals surface area (Å²) in [6, 6.07) is 0. The van der Waals surface area contributed by atoms with Gasteiger partial charge < -0.3 is 10.4 Å². The van der Waals surface area contributed by atoms with Crippen molar-refractivity contribution in [2.45, 2.75) is 58.8 Å². The zero-order valence-corrected chi connectivity index (χ0v) is 11.8. The molecular weight excluding hydrogens is 226 g/mol. The van der Waals surface area contributed by atoms with Gasteiger partial charge in [-0.1, -0.05) is 26.7 Å². The van der Waals surface area contributed by atoms with Gasteiger partial charge in [-0.15, -0.1) is 0 Å². The van der Waals surface area contributed by atoms with Crippen molar-refractivity contribution < 1.29 is 9.90 Å². The third kappa shape index (κ3) is 2.87. The Kier molecular flexibility index (Phi) is 4.00. The number of aliphatic hydroxyl groups excluding tert-OH is 1. The van der Waals surface area contributed by atoms with Crippen LogP contribution in [0.1, 0.15) is 58.8 Å². The fraction of sp³-hybridized carbons (Fsp3) is 0.933. The Bertz CT molecular complexity index is 302. The highest BCUT2D eigenvalue weighted by molar-refractivity contribution is 5.83. The van der Waals surface area contributed by atoms with E-state index in [2.05, 4.69) is 19.2 Å². The maximum atomic E-state index is 12.5. The van der Waals surface area contributed by atoms with Gasteiger partial charge in [0.05, 0.1) is 6.61 Å². The van der Waals surface area contributed by atoms with Crippen LogP contribution in [0.2, 0.25) is 0 Å². The van der Waals surface area contributed by atoms with Gasteiger partial charge in [-0.3, -0.25) is 4.79 Å². The second-order valence-corrected chi connectivity index (χ2v) is 6.93. The van der Waals surface area contributed by atoms with Crippen LogP contribution in [0.15, 0.2) is 0 Å². The van der Waals surface area contributed by atoms with E-state index in [1.807, 2.05) is 0 Å². The first-order chi connectivity index (χ1) is 8.52. The largest absolute Gasteiger partial charge is 0.396 e. The van der Waals surface area contributed by atoms with Gasteiger partial charge in [0, 0.05) is 17.4 Å². The zero-order valence-electron chi connectivity index (χ0n) is 11.8. The van der Waals surface area contributed by atoms with Crippen LogP contribution < -0.4 is 5.32 Å². The van der Waals surface area contributed by atoms with E-state index in [0.717, 1.165) is 32.1 Å². The summed E-state index contributed by atoms with van der Waals surface area (Å²) >= 11 is 0. The molecule has 18 heavy (non-hydrogen) atoms. The van der Waals surface area contributed by atoms with Crippen molar-refractivity contribution in [2.24, 2.45) is 16.7 Å². The van der Waals surface area contributed by atoms with Crippen LogP contribution in [0, 0.1) is 16.7 Å². The molecule has 0 aromatic carbocycles. The number of rotatable bonds is 6. The van der Waals surface area contributed by atoms with E-state index in [1.165, 1.54) is 12.8 Å². The molecule has 2 rings (SSSR count). The van der Waals surface area contributed by atoms with Crippen molar-refractivity contribution in [3.63, 3.8) is 0 Å². The van der Waals surface area contributed by atoms with Gasteiger partial charge in [-0.25, -0.2) is 0 Å². The molecule has 0 atom stereocenters. The summed E-state index contributed by atoms with van der Waals surface area (Å²) < 4.78 is 0. The van der Waals surface area contributed by atoms with Crippen LogP contribution in [0.4, 0.5) is 0 Å². The Labute approximate surface area is 110 Å².